The van der Waals surface area contributed by atoms with Crippen LogP contribution in [0.2, 0.25) is 0 Å². The number of furan rings is 1. The molecule has 0 saturated carbocycles. The molecule has 0 atom stereocenters. The summed E-state index contributed by atoms with van der Waals surface area (Å²) in [5, 5.41) is 1.73. The van der Waals surface area contributed by atoms with Crippen molar-refractivity contribution in [3.8, 4) is 11.3 Å². The van der Waals surface area contributed by atoms with Gasteiger partial charge < -0.3 is 4.42 Å². The minimum Gasteiger partial charge on any atom is -0.466 e. The Labute approximate surface area is 178 Å². The molecule has 4 aromatic rings. The predicted octanol–water partition coefficient (Wildman–Crippen LogP) is 6.75. The highest BCUT2D eigenvalue weighted by Gasteiger charge is 2.24. The number of aryl methyl sites for hydroxylation is 2. The summed E-state index contributed by atoms with van der Waals surface area (Å²) < 4.78 is 43.2. The average Bonchev–Trinajstić information content (AvgIpc) is 3.14. The zero-order chi connectivity index (χ0) is 24.4. The summed E-state index contributed by atoms with van der Waals surface area (Å²) in [6.07, 6.45) is -1.84. The molecule has 2 heterocycles. The smallest absolute Gasteiger partial charge is 0.229 e. The summed E-state index contributed by atoms with van der Waals surface area (Å²) in [6, 6.07) is 7.58. The quantitative estimate of drug-likeness (QED) is 0.281. The number of aromatic nitrogens is 1. The van der Waals surface area contributed by atoms with Gasteiger partial charge in [-0.2, -0.15) is 4.57 Å². The van der Waals surface area contributed by atoms with Crippen molar-refractivity contribution in [3.63, 3.8) is 0 Å². The van der Waals surface area contributed by atoms with Gasteiger partial charge in [-0.15, -0.1) is 0 Å². The van der Waals surface area contributed by atoms with E-state index in [-0.39, 0.29) is 17.6 Å². The summed E-state index contributed by atoms with van der Waals surface area (Å²) >= 11 is 0. The topological polar surface area (TPSA) is 21.4 Å². The Morgan fingerprint density at radius 1 is 1.17 bits per heavy atom. The number of hydrogen-bond donors (Lipinski definition) is 0. The highest BCUT2D eigenvalue weighted by molar-refractivity contribution is 6.14. The third-order valence-corrected chi connectivity index (χ3v) is 5.32. The second kappa shape index (κ2) is 7.04. The van der Waals surface area contributed by atoms with E-state index in [2.05, 4.69) is 4.85 Å². The molecule has 0 bridgehead atoms. The first-order chi connectivity index (χ1) is 15.4. The molecule has 0 amide bonds. The molecule has 3 nitrogen and oxygen atoms in total. The van der Waals surface area contributed by atoms with E-state index in [1.165, 1.54) is 0 Å². The molecule has 0 radical (unpaired) electrons. The van der Waals surface area contributed by atoms with Gasteiger partial charge in [-0.25, -0.2) is 4.85 Å². The molecule has 0 N–H and O–H groups in total. The summed E-state index contributed by atoms with van der Waals surface area (Å²) in [4.78, 5) is 3.61. The predicted molar refractivity (Wildman–Crippen MR) is 119 cm³/mol. The summed E-state index contributed by atoms with van der Waals surface area (Å²) in [6.45, 7) is 16.8. The van der Waals surface area contributed by atoms with Crippen molar-refractivity contribution < 1.29 is 14.5 Å². The van der Waals surface area contributed by atoms with Crippen molar-refractivity contribution >= 4 is 27.6 Å². The Morgan fingerprint density at radius 3 is 2.62 bits per heavy atom. The number of para-hydroxylation sites is 1. The lowest BCUT2D eigenvalue weighted by Crippen LogP contribution is -2.35. The van der Waals surface area contributed by atoms with Gasteiger partial charge in [-0.05, 0) is 42.8 Å². The molecule has 0 aliphatic heterocycles. The molecule has 2 aromatic heterocycles. The van der Waals surface area contributed by atoms with Crippen LogP contribution in [-0.2, 0) is 13.4 Å². The summed E-state index contributed by atoms with van der Waals surface area (Å²) in [5.41, 5.74) is 5.29. The minimum absolute atomic E-state index is 0.00842. The van der Waals surface area contributed by atoms with Crippen LogP contribution in [0.25, 0.3) is 38.0 Å². The number of pyridine rings is 1. The van der Waals surface area contributed by atoms with Crippen LogP contribution in [0.1, 0.15) is 41.7 Å². The monoisotopic (exact) mass is 387 g/mol. The second-order valence-corrected chi connectivity index (χ2v) is 7.87. The van der Waals surface area contributed by atoms with Crippen LogP contribution in [0.15, 0.2) is 40.8 Å². The van der Waals surface area contributed by atoms with E-state index in [0.29, 0.717) is 33.8 Å². The zero-order valence-corrected chi connectivity index (χ0v) is 17.7. The Balaban J connectivity index is 2.24. The molecular formula is C26H27N2O+. The van der Waals surface area contributed by atoms with Crippen LogP contribution < -0.4 is 4.57 Å². The van der Waals surface area contributed by atoms with Gasteiger partial charge in [0.05, 0.1) is 14.9 Å². The van der Waals surface area contributed by atoms with Gasteiger partial charge in [0.25, 0.3) is 0 Å². The van der Waals surface area contributed by atoms with E-state index in [9.17, 15) is 0 Å². The molecule has 3 heteroatoms. The van der Waals surface area contributed by atoms with Gasteiger partial charge in [0.2, 0.25) is 11.4 Å². The van der Waals surface area contributed by atoms with E-state index in [1.807, 2.05) is 32.0 Å². The third kappa shape index (κ3) is 3.09. The standard InChI is InChI=1S/C26H27N2O/c1-15(2)11-19-13-18(5)28(7)22(14-19)24-17(4)12-16(3)23-20-9-8-10-21(27-6)25(20)29-26(23)24/h8-10,12-15H,11H2,1-5,7H3/q+1/i11D2,13D,14D. The maximum Gasteiger partial charge on any atom is 0.229 e. The minimum atomic E-state index is -1.84. The number of rotatable bonds is 3. The van der Waals surface area contributed by atoms with Crippen molar-refractivity contribution in [2.75, 3.05) is 0 Å². The lowest BCUT2D eigenvalue weighted by atomic mass is 9.94. The maximum absolute atomic E-state index is 9.08. The molecule has 146 valence electrons. The van der Waals surface area contributed by atoms with E-state index in [4.69, 9.17) is 16.5 Å². The van der Waals surface area contributed by atoms with E-state index in [1.54, 1.807) is 38.5 Å². The molecule has 0 saturated heterocycles. The van der Waals surface area contributed by atoms with Crippen LogP contribution >= 0.6 is 0 Å². The fourth-order valence-corrected chi connectivity index (χ4v) is 3.96. The first-order valence-corrected chi connectivity index (χ1v) is 9.76. The van der Waals surface area contributed by atoms with Crippen LogP contribution in [-0.4, -0.2) is 0 Å². The van der Waals surface area contributed by atoms with Gasteiger partial charge >= 0.3 is 0 Å². The fraction of sp³-hybridized carbons (Fsp3) is 0.308. The van der Waals surface area contributed by atoms with Crippen molar-refractivity contribution in [2.24, 2.45) is 13.0 Å². The SMILES string of the molecule is [2H]c1c(C([2H])([2H])C(C)C)c([2H])c(-c2c(C)cc(C)c3c2oc2c([N+]#[C-])cccc23)[n+](C)c1C. The highest BCUT2D eigenvalue weighted by atomic mass is 16.3. The lowest BCUT2D eigenvalue weighted by Gasteiger charge is -2.12. The molecule has 0 unspecified atom stereocenters. The molecule has 0 aliphatic rings. The second-order valence-electron chi connectivity index (χ2n) is 7.87. The van der Waals surface area contributed by atoms with Gasteiger partial charge in [0, 0.05) is 32.5 Å². The Morgan fingerprint density at radius 2 is 1.93 bits per heavy atom. The van der Waals surface area contributed by atoms with Gasteiger partial charge in [0.1, 0.15) is 18.2 Å². The third-order valence-electron chi connectivity index (χ3n) is 5.32. The number of fused-ring (bicyclic) bond motifs is 3. The number of hydrogen-bond acceptors (Lipinski definition) is 1. The van der Waals surface area contributed by atoms with Gasteiger partial charge in [-0.3, -0.25) is 0 Å². The Kier molecular flexibility index (Phi) is 3.60. The lowest BCUT2D eigenvalue weighted by molar-refractivity contribution is -0.666. The normalized spacial score (nSPS) is 14.0. The molecule has 2 aromatic carbocycles. The fourth-order valence-electron chi connectivity index (χ4n) is 3.96. The Bertz CT molecular complexity index is 1490. The molecule has 0 aliphatic carbocycles. The molecule has 4 rings (SSSR count). The average molecular weight is 388 g/mol. The van der Waals surface area contributed by atoms with Crippen LogP contribution in [0.4, 0.5) is 5.69 Å². The van der Waals surface area contributed by atoms with Gasteiger partial charge in [-0.1, -0.05) is 38.1 Å². The first-order valence-electron chi connectivity index (χ1n) is 11.8. The molecule has 0 spiro atoms. The molecular weight excluding hydrogens is 356 g/mol. The van der Waals surface area contributed by atoms with Crippen molar-refractivity contribution in [1.29, 1.82) is 0 Å². The molecule has 0 fully saturated rings. The van der Waals surface area contributed by atoms with Crippen molar-refractivity contribution in [3.05, 3.63) is 70.2 Å². The maximum atomic E-state index is 9.08. The summed E-state index contributed by atoms with van der Waals surface area (Å²) in [5.74, 6) is -0.405. The zero-order valence-electron chi connectivity index (χ0n) is 21.7. The number of nitrogens with zero attached hydrogens (tertiary/aromatic N) is 2. The van der Waals surface area contributed by atoms with Crippen LogP contribution in [0.5, 0.6) is 0 Å². The highest BCUT2D eigenvalue weighted by Crippen LogP contribution is 2.42. The summed E-state index contributed by atoms with van der Waals surface area (Å²) in [7, 11) is 1.80. The van der Waals surface area contributed by atoms with E-state index in [0.717, 1.165) is 21.9 Å². The van der Waals surface area contributed by atoms with E-state index < -0.39 is 12.3 Å². The van der Waals surface area contributed by atoms with Crippen molar-refractivity contribution in [1.82, 2.24) is 0 Å². The number of benzene rings is 2. The largest absolute Gasteiger partial charge is 0.466 e. The van der Waals surface area contributed by atoms with Gasteiger partial charge in [0.15, 0.2) is 5.69 Å². The van der Waals surface area contributed by atoms with E-state index >= 15 is 0 Å². The van der Waals surface area contributed by atoms with Crippen LogP contribution in [0, 0.1) is 33.3 Å². The van der Waals surface area contributed by atoms with Crippen molar-refractivity contribution in [2.45, 2.75) is 41.0 Å². The first kappa shape index (κ1) is 14.8. The Hall–Kier alpha value is -3.12. The molecule has 29 heavy (non-hydrogen) atoms. The van der Waals surface area contributed by atoms with Crippen LogP contribution in [0.3, 0.4) is 0 Å².